The SMILES string of the molecule is CCOC(=O)c1c(NC(=O)COC(=O)c2ccc(C)c([N+](=O)[O-])c2)oc(C)c1C(C)=O. The summed E-state index contributed by atoms with van der Waals surface area (Å²) < 4.78 is 15.1. The summed E-state index contributed by atoms with van der Waals surface area (Å²) in [7, 11) is 0. The van der Waals surface area contributed by atoms with Crippen molar-refractivity contribution in [2.45, 2.75) is 27.7 Å². The molecule has 2 rings (SSSR count). The van der Waals surface area contributed by atoms with Gasteiger partial charge in [-0.25, -0.2) is 9.59 Å². The van der Waals surface area contributed by atoms with Crippen LogP contribution < -0.4 is 5.32 Å². The summed E-state index contributed by atoms with van der Waals surface area (Å²) in [5.74, 6) is -3.34. The van der Waals surface area contributed by atoms with Crippen molar-refractivity contribution in [1.29, 1.82) is 0 Å². The lowest BCUT2D eigenvalue weighted by Gasteiger charge is -2.07. The fraction of sp³-hybridized carbons (Fsp3) is 0.300. The molecular weight excluding hydrogens is 412 g/mol. The van der Waals surface area contributed by atoms with Gasteiger partial charge in [0.05, 0.1) is 22.7 Å². The van der Waals surface area contributed by atoms with Crippen LogP contribution >= 0.6 is 0 Å². The van der Waals surface area contributed by atoms with Crippen molar-refractivity contribution < 1.29 is 38.0 Å². The van der Waals surface area contributed by atoms with Crippen molar-refractivity contribution in [1.82, 2.24) is 0 Å². The lowest BCUT2D eigenvalue weighted by molar-refractivity contribution is -0.385. The zero-order valence-electron chi connectivity index (χ0n) is 17.3. The number of anilines is 1. The number of nitrogens with one attached hydrogen (secondary N) is 1. The first-order valence-corrected chi connectivity index (χ1v) is 9.10. The smallest absolute Gasteiger partial charge is 0.344 e. The van der Waals surface area contributed by atoms with Gasteiger partial charge in [-0.1, -0.05) is 6.07 Å². The zero-order valence-corrected chi connectivity index (χ0v) is 17.3. The summed E-state index contributed by atoms with van der Waals surface area (Å²) in [5, 5.41) is 13.3. The standard InChI is InChI=1S/C20H20N2O9/c1-5-29-20(26)17-16(11(3)23)12(4)31-18(17)21-15(24)9-30-19(25)13-7-6-10(2)14(8-13)22(27)28/h6-8H,5,9H2,1-4H3,(H,21,24). The Balaban J connectivity index is 2.15. The Kier molecular flexibility index (Phi) is 7.24. The number of Topliss-reactive ketones (excluding diaryl/α,β-unsaturated/α-hetero) is 1. The van der Waals surface area contributed by atoms with Crippen molar-refractivity contribution >= 4 is 35.2 Å². The highest BCUT2D eigenvalue weighted by Gasteiger charge is 2.29. The summed E-state index contributed by atoms with van der Waals surface area (Å²) in [6.07, 6.45) is 0. The molecule has 0 bridgehead atoms. The van der Waals surface area contributed by atoms with E-state index in [0.29, 0.717) is 5.56 Å². The number of carbonyl (C=O) groups is 4. The molecule has 1 aromatic carbocycles. The molecule has 11 heteroatoms. The molecule has 0 aliphatic carbocycles. The molecule has 1 N–H and O–H groups in total. The van der Waals surface area contributed by atoms with E-state index >= 15 is 0 Å². The van der Waals surface area contributed by atoms with Gasteiger partial charge in [0.15, 0.2) is 12.4 Å². The molecule has 0 aliphatic rings. The average molecular weight is 432 g/mol. The number of rotatable bonds is 8. The minimum absolute atomic E-state index is 0.0299. The second-order valence-electron chi connectivity index (χ2n) is 6.40. The van der Waals surface area contributed by atoms with Gasteiger partial charge < -0.3 is 13.9 Å². The molecule has 0 aliphatic heterocycles. The van der Waals surface area contributed by atoms with Crippen molar-refractivity contribution in [3.05, 3.63) is 56.3 Å². The molecule has 0 fully saturated rings. The number of hydrogen-bond acceptors (Lipinski definition) is 9. The van der Waals surface area contributed by atoms with Gasteiger partial charge in [-0.3, -0.25) is 25.0 Å². The van der Waals surface area contributed by atoms with Crippen LogP contribution in [-0.4, -0.2) is 41.8 Å². The number of furan rings is 1. The fourth-order valence-electron chi connectivity index (χ4n) is 2.76. The van der Waals surface area contributed by atoms with Crippen LogP contribution in [0.15, 0.2) is 22.6 Å². The van der Waals surface area contributed by atoms with Crippen LogP contribution in [0, 0.1) is 24.0 Å². The Morgan fingerprint density at radius 1 is 1.10 bits per heavy atom. The molecule has 0 saturated heterocycles. The van der Waals surface area contributed by atoms with Gasteiger partial charge in [0, 0.05) is 11.6 Å². The van der Waals surface area contributed by atoms with Gasteiger partial charge in [0.1, 0.15) is 11.3 Å². The Labute approximate surface area is 176 Å². The number of nitro groups is 1. The lowest BCUT2D eigenvalue weighted by atomic mass is 10.1. The highest BCUT2D eigenvalue weighted by Crippen LogP contribution is 2.28. The third kappa shape index (κ3) is 5.32. The van der Waals surface area contributed by atoms with E-state index in [1.165, 1.54) is 32.9 Å². The van der Waals surface area contributed by atoms with Crippen molar-refractivity contribution in [2.75, 3.05) is 18.5 Å². The number of hydrogen-bond donors (Lipinski definition) is 1. The first-order chi connectivity index (χ1) is 14.6. The number of nitro benzene ring substituents is 1. The Bertz CT molecular complexity index is 1070. The van der Waals surface area contributed by atoms with E-state index < -0.39 is 35.2 Å². The summed E-state index contributed by atoms with van der Waals surface area (Å²) >= 11 is 0. The van der Waals surface area contributed by atoms with E-state index in [0.717, 1.165) is 6.07 Å². The topological polar surface area (TPSA) is 155 Å². The second kappa shape index (κ2) is 9.65. The summed E-state index contributed by atoms with van der Waals surface area (Å²) in [5.41, 5.74) is -0.274. The van der Waals surface area contributed by atoms with Crippen molar-refractivity contribution in [2.24, 2.45) is 0 Å². The Hall–Kier alpha value is -4.02. The molecule has 0 saturated carbocycles. The van der Waals surface area contributed by atoms with Crippen LogP contribution in [0.25, 0.3) is 0 Å². The molecule has 2 aromatic rings. The van der Waals surface area contributed by atoms with Gasteiger partial charge >= 0.3 is 11.9 Å². The van der Waals surface area contributed by atoms with Crippen LogP contribution in [0.3, 0.4) is 0 Å². The van der Waals surface area contributed by atoms with E-state index in [-0.39, 0.29) is 40.6 Å². The van der Waals surface area contributed by atoms with Crippen LogP contribution in [0.2, 0.25) is 0 Å². The summed E-state index contributed by atoms with van der Waals surface area (Å²) in [6, 6.07) is 3.76. The molecule has 164 valence electrons. The molecular formula is C20H20N2O9. The normalized spacial score (nSPS) is 10.3. The van der Waals surface area contributed by atoms with E-state index in [4.69, 9.17) is 13.9 Å². The van der Waals surface area contributed by atoms with Gasteiger partial charge in [0.25, 0.3) is 11.6 Å². The zero-order chi connectivity index (χ0) is 23.3. The maximum absolute atomic E-state index is 12.2. The number of amides is 1. The largest absolute Gasteiger partial charge is 0.462 e. The minimum Gasteiger partial charge on any atom is -0.462 e. The molecule has 0 radical (unpaired) electrons. The van der Waals surface area contributed by atoms with E-state index in [9.17, 15) is 29.3 Å². The van der Waals surface area contributed by atoms with Crippen molar-refractivity contribution in [3.63, 3.8) is 0 Å². The number of esters is 2. The van der Waals surface area contributed by atoms with E-state index in [2.05, 4.69) is 5.32 Å². The molecule has 1 heterocycles. The van der Waals surface area contributed by atoms with Gasteiger partial charge in [-0.2, -0.15) is 0 Å². The molecule has 0 spiro atoms. The molecule has 31 heavy (non-hydrogen) atoms. The second-order valence-corrected chi connectivity index (χ2v) is 6.40. The average Bonchev–Trinajstić information content (AvgIpc) is 3.02. The van der Waals surface area contributed by atoms with Gasteiger partial charge in [-0.05, 0) is 33.8 Å². The third-order valence-corrected chi connectivity index (χ3v) is 4.14. The lowest BCUT2D eigenvalue weighted by Crippen LogP contribution is -2.22. The number of ether oxygens (including phenoxy) is 2. The molecule has 1 amide bonds. The quantitative estimate of drug-likeness (QED) is 0.287. The first-order valence-electron chi connectivity index (χ1n) is 9.10. The number of nitrogens with zero attached hydrogens (tertiary/aromatic N) is 1. The van der Waals surface area contributed by atoms with Crippen LogP contribution in [0.5, 0.6) is 0 Å². The fourth-order valence-corrected chi connectivity index (χ4v) is 2.76. The van der Waals surface area contributed by atoms with Crippen molar-refractivity contribution in [3.8, 4) is 0 Å². The number of ketones is 1. The first kappa shape index (κ1) is 23.3. The number of carbonyl (C=O) groups excluding carboxylic acids is 4. The Morgan fingerprint density at radius 2 is 1.77 bits per heavy atom. The van der Waals surface area contributed by atoms with E-state index in [1.54, 1.807) is 6.92 Å². The maximum atomic E-state index is 12.2. The van der Waals surface area contributed by atoms with Gasteiger partial charge in [0.2, 0.25) is 5.88 Å². The van der Waals surface area contributed by atoms with E-state index in [1.807, 2.05) is 0 Å². The highest BCUT2D eigenvalue weighted by molar-refractivity contribution is 6.10. The molecule has 0 unspecified atom stereocenters. The highest BCUT2D eigenvalue weighted by atomic mass is 16.6. The summed E-state index contributed by atoms with van der Waals surface area (Å²) in [6.45, 7) is 5.04. The summed E-state index contributed by atoms with van der Waals surface area (Å²) in [4.78, 5) is 58.8. The molecule has 1 aromatic heterocycles. The van der Waals surface area contributed by atoms with Crippen LogP contribution in [0.4, 0.5) is 11.6 Å². The number of aryl methyl sites for hydroxylation is 2. The van der Waals surface area contributed by atoms with Crippen LogP contribution in [0.1, 0.15) is 56.2 Å². The van der Waals surface area contributed by atoms with Gasteiger partial charge in [-0.15, -0.1) is 0 Å². The predicted octanol–water partition coefficient (Wildman–Crippen LogP) is 2.98. The number of benzene rings is 1. The minimum atomic E-state index is -0.955. The predicted molar refractivity (Wildman–Crippen MR) is 106 cm³/mol. The molecule has 0 atom stereocenters. The monoisotopic (exact) mass is 432 g/mol. The molecule has 11 nitrogen and oxygen atoms in total. The maximum Gasteiger partial charge on any atom is 0.344 e. The van der Waals surface area contributed by atoms with Crippen LogP contribution in [-0.2, 0) is 14.3 Å². The Morgan fingerprint density at radius 3 is 2.35 bits per heavy atom. The third-order valence-electron chi connectivity index (χ3n) is 4.14.